The van der Waals surface area contributed by atoms with Crippen LogP contribution in [0.3, 0.4) is 0 Å². The molecule has 0 aliphatic rings. The third-order valence-electron chi connectivity index (χ3n) is 9.44. The highest BCUT2D eigenvalue weighted by molar-refractivity contribution is 7.46. The molecule has 0 amide bonds. The summed E-state index contributed by atoms with van der Waals surface area (Å²) in [6.07, 6.45) is 35.8. The van der Waals surface area contributed by atoms with E-state index in [0.29, 0.717) is 12.8 Å². The standard InChI is InChI=1S/C38H76NO6P/c1-3-5-7-9-11-13-15-17-19-21-23-25-27-29-31-33-36(40)38(35-39,45-46(42,43)44)37(41)34-32-30-28-26-24-22-20-18-16-14-12-10-8-6-4-2/h3-35,39H2,1-2H3,(H2,42,43,44)/i/hD. The normalized spacial score (nSPS) is 12.5. The number of carbonyl (C=O) groups is 2. The third-order valence-corrected chi connectivity index (χ3v) is 9.99. The van der Waals surface area contributed by atoms with Crippen LogP contribution in [0.5, 0.6) is 0 Å². The van der Waals surface area contributed by atoms with Crippen molar-refractivity contribution in [2.75, 3.05) is 6.54 Å². The Labute approximate surface area is 286 Å². The molecule has 0 aromatic rings. The maximum atomic E-state index is 13.3. The van der Waals surface area contributed by atoms with Gasteiger partial charge >= 0.3 is 7.82 Å². The van der Waals surface area contributed by atoms with Crippen LogP contribution in [0.1, 0.15) is 219 Å². The number of ketones is 2. The zero-order valence-electron chi connectivity index (χ0n) is 31.3. The van der Waals surface area contributed by atoms with E-state index in [2.05, 4.69) is 13.8 Å². The van der Waals surface area contributed by atoms with Gasteiger partial charge in [0, 0.05) is 19.4 Å². The van der Waals surface area contributed by atoms with Crippen molar-refractivity contribution in [1.82, 2.24) is 0 Å². The molecule has 0 atom stereocenters. The van der Waals surface area contributed by atoms with Crippen LogP contribution in [0.25, 0.3) is 0 Å². The molecule has 0 radical (unpaired) electrons. The number of hydrogen-bond donors (Lipinski definition) is 3. The molecule has 0 bridgehead atoms. The monoisotopic (exact) mass is 675 g/mol. The van der Waals surface area contributed by atoms with Crippen LogP contribution < -0.4 is 5.73 Å². The van der Waals surface area contributed by atoms with E-state index in [0.717, 1.165) is 38.5 Å². The highest BCUT2D eigenvalue weighted by Gasteiger charge is 2.48. The first kappa shape index (κ1) is 43.4. The smallest absolute Gasteiger partial charge is 0.327 e. The fourth-order valence-electron chi connectivity index (χ4n) is 6.41. The van der Waals surface area contributed by atoms with E-state index < -0.39 is 31.5 Å². The molecule has 274 valence electrons. The summed E-state index contributed by atoms with van der Waals surface area (Å²) in [5, 5.41) is 0. The SMILES string of the molecule is [2H]NCC(OP(=O)(O)O)(C(=O)CCCCCCCCCCCCCCCCC)C(=O)CCCCCCCCCCCCCCCCC. The third kappa shape index (κ3) is 26.4. The van der Waals surface area contributed by atoms with Gasteiger partial charge in [0.25, 0.3) is 0 Å². The van der Waals surface area contributed by atoms with Gasteiger partial charge < -0.3 is 15.5 Å². The Morgan fingerprint density at radius 2 is 0.761 bits per heavy atom. The van der Waals surface area contributed by atoms with Crippen LogP contribution in [0.15, 0.2) is 0 Å². The van der Waals surface area contributed by atoms with Gasteiger partial charge in [-0.2, -0.15) is 0 Å². The van der Waals surface area contributed by atoms with Gasteiger partial charge in [0.15, 0.2) is 11.6 Å². The van der Waals surface area contributed by atoms with Crippen molar-refractivity contribution in [3.8, 4) is 0 Å². The predicted octanol–water partition coefficient (Wildman–Crippen LogP) is 11.5. The number of phosphoric acid groups is 1. The van der Waals surface area contributed by atoms with Gasteiger partial charge in [0.05, 0.1) is 0 Å². The molecule has 0 saturated carbocycles. The van der Waals surface area contributed by atoms with E-state index in [9.17, 15) is 23.9 Å². The molecular formula is C38H76NO6P. The minimum atomic E-state index is -5.14. The van der Waals surface area contributed by atoms with Crippen molar-refractivity contribution >= 4 is 19.4 Å². The van der Waals surface area contributed by atoms with Crippen molar-refractivity contribution in [3.63, 3.8) is 0 Å². The van der Waals surface area contributed by atoms with Gasteiger partial charge in [0.1, 0.15) is 1.41 Å². The summed E-state index contributed by atoms with van der Waals surface area (Å²) in [4.78, 5) is 45.7. The zero-order valence-corrected chi connectivity index (χ0v) is 31.2. The number of carbonyl (C=O) groups excluding carboxylic acids is 2. The van der Waals surface area contributed by atoms with Gasteiger partial charge in [-0.25, -0.2) is 4.57 Å². The molecule has 7 nitrogen and oxygen atoms in total. The molecule has 46 heavy (non-hydrogen) atoms. The first-order chi connectivity index (χ1) is 22.7. The van der Waals surface area contributed by atoms with Gasteiger partial charge in [-0.15, -0.1) is 0 Å². The maximum Gasteiger partial charge on any atom is 0.471 e. The summed E-state index contributed by atoms with van der Waals surface area (Å²) < 4.78 is 24.2. The Kier molecular flexibility index (Phi) is 29.9. The van der Waals surface area contributed by atoms with Crippen LogP contribution in [-0.2, 0) is 18.7 Å². The van der Waals surface area contributed by atoms with Gasteiger partial charge in [-0.1, -0.05) is 194 Å². The average molecular weight is 675 g/mol. The van der Waals surface area contributed by atoms with Crippen LogP contribution in [0.2, 0.25) is 1.41 Å². The van der Waals surface area contributed by atoms with Crippen molar-refractivity contribution in [2.45, 2.75) is 225 Å². The molecule has 0 aromatic heterocycles. The van der Waals surface area contributed by atoms with Gasteiger partial charge in [0.2, 0.25) is 5.60 Å². The maximum absolute atomic E-state index is 13.3. The summed E-state index contributed by atoms with van der Waals surface area (Å²) in [5.41, 5.74) is -0.271. The number of phosphoric ester groups is 1. The number of unbranched alkanes of at least 4 members (excludes halogenated alkanes) is 28. The first-order valence-electron chi connectivity index (χ1n) is 20.2. The second-order valence-corrected chi connectivity index (χ2v) is 15.0. The summed E-state index contributed by atoms with van der Waals surface area (Å²) >= 11 is 0. The highest BCUT2D eigenvalue weighted by atomic mass is 31.2. The summed E-state index contributed by atoms with van der Waals surface area (Å²) in [5.74, 6) is -1.28. The Balaban J connectivity index is 4.27. The Bertz CT molecular complexity index is 731. The van der Waals surface area contributed by atoms with E-state index in [-0.39, 0.29) is 12.8 Å². The molecule has 0 fully saturated rings. The molecule has 0 heterocycles. The second kappa shape index (κ2) is 31.7. The molecule has 0 spiro atoms. The van der Waals surface area contributed by atoms with E-state index in [1.807, 2.05) is 5.73 Å². The Hall–Kier alpha value is -0.590. The second-order valence-electron chi connectivity index (χ2n) is 13.8. The molecule has 0 saturated heterocycles. The van der Waals surface area contributed by atoms with Crippen molar-refractivity contribution in [2.24, 2.45) is 5.73 Å². The minimum absolute atomic E-state index is 0.00450. The van der Waals surface area contributed by atoms with Crippen molar-refractivity contribution < 1.29 is 29.9 Å². The lowest BCUT2D eigenvalue weighted by Gasteiger charge is -2.29. The average Bonchev–Trinajstić information content (AvgIpc) is 3.03. The zero-order chi connectivity index (χ0) is 34.9. The van der Waals surface area contributed by atoms with Crippen LogP contribution >= 0.6 is 7.82 Å². The quantitative estimate of drug-likeness (QED) is 0.0338. The molecule has 0 rings (SSSR count). The number of hydrogen-bond acceptors (Lipinski definition) is 5. The lowest BCUT2D eigenvalue weighted by Crippen LogP contribution is -2.54. The molecule has 0 aliphatic heterocycles. The molecule has 8 heteroatoms. The fourth-order valence-corrected chi connectivity index (χ4v) is 7.08. The topological polar surface area (TPSA) is 127 Å². The van der Waals surface area contributed by atoms with Gasteiger partial charge in [-0.05, 0) is 12.8 Å². The summed E-state index contributed by atoms with van der Waals surface area (Å²) in [6, 6.07) is 0. The highest BCUT2D eigenvalue weighted by Crippen LogP contribution is 2.43. The number of nitrogens with two attached hydrogens (primary N) is 1. The Morgan fingerprint density at radius 1 is 0.522 bits per heavy atom. The molecule has 0 aromatic carbocycles. The van der Waals surface area contributed by atoms with E-state index in [4.69, 9.17) is 5.94 Å². The molecular weight excluding hydrogens is 597 g/mol. The van der Waals surface area contributed by atoms with E-state index in [1.165, 1.54) is 141 Å². The van der Waals surface area contributed by atoms with Crippen molar-refractivity contribution in [1.29, 1.82) is 0 Å². The molecule has 0 unspecified atom stereocenters. The number of Topliss-reactive ketones (excluding diaryl/α,β-unsaturated/α-hetero) is 2. The predicted molar refractivity (Wildman–Crippen MR) is 194 cm³/mol. The minimum Gasteiger partial charge on any atom is -0.327 e. The Morgan fingerprint density at radius 3 is 0.978 bits per heavy atom. The first-order valence-corrected chi connectivity index (χ1v) is 21.2. The fraction of sp³-hybridized carbons (Fsp3) is 0.947. The van der Waals surface area contributed by atoms with E-state index >= 15 is 0 Å². The van der Waals surface area contributed by atoms with Crippen molar-refractivity contribution in [3.05, 3.63) is 0 Å². The lowest BCUT2D eigenvalue weighted by atomic mass is 9.87. The number of rotatable bonds is 38. The molecule has 4 N–H and O–H groups in total. The summed E-state index contributed by atoms with van der Waals surface area (Å²) in [6.45, 7) is 3.94. The largest absolute Gasteiger partial charge is 0.471 e. The van der Waals surface area contributed by atoms with Crippen LogP contribution in [0.4, 0.5) is 0 Å². The summed E-state index contributed by atoms with van der Waals surface area (Å²) in [7, 11) is -5.14. The van der Waals surface area contributed by atoms with Crippen LogP contribution in [0, 0.1) is 0 Å². The van der Waals surface area contributed by atoms with E-state index in [1.54, 1.807) is 0 Å². The molecule has 0 aliphatic carbocycles. The van der Waals surface area contributed by atoms with Crippen LogP contribution in [-0.4, -0.2) is 33.5 Å². The van der Waals surface area contributed by atoms with Gasteiger partial charge in [-0.3, -0.25) is 14.1 Å². The lowest BCUT2D eigenvalue weighted by molar-refractivity contribution is -0.148.